The summed E-state index contributed by atoms with van der Waals surface area (Å²) in [6.07, 6.45) is 0.378. The fraction of sp³-hybridized carbons (Fsp3) is 0.143. The van der Waals surface area contributed by atoms with Crippen LogP contribution in [0.15, 0.2) is 78.9 Å². The maximum absolute atomic E-state index is 2.56. The molecule has 3 heteroatoms. The summed E-state index contributed by atoms with van der Waals surface area (Å²) >= 11 is 0. The summed E-state index contributed by atoms with van der Waals surface area (Å²) in [7, 11) is 0. The Kier molecular flexibility index (Phi) is 3.91. The zero-order chi connectivity index (χ0) is 15.2. The number of quaternary nitrogens is 1. The molecule has 5 rings (SSSR count). The minimum atomic E-state index is 0. The number of nitrogens with one attached hydrogen (secondary N) is 1. The first-order valence-electron chi connectivity index (χ1n) is 8.29. The van der Waals surface area contributed by atoms with Gasteiger partial charge in [-0.15, -0.1) is 0 Å². The zero-order valence-electron chi connectivity index (χ0n) is 13.3. The highest BCUT2D eigenvalue weighted by atomic mass is 79.9. The Balaban J connectivity index is 0.00000146. The van der Waals surface area contributed by atoms with E-state index >= 15 is 0 Å². The van der Waals surface area contributed by atoms with Crippen LogP contribution in [0.1, 0.15) is 11.7 Å². The van der Waals surface area contributed by atoms with Crippen LogP contribution in [0.3, 0.4) is 0 Å². The lowest BCUT2D eigenvalue weighted by atomic mass is 9.91. The Morgan fingerprint density at radius 3 is 2.25 bits per heavy atom. The molecule has 1 fully saturated rings. The minimum Gasteiger partial charge on any atom is -1.00 e. The molecule has 2 nitrogen and oxygen atoms in total. The molecule has 0 bridgehead atoms. The van der Waals surface area contributed by atoms with Gasteiger partial charge < -0.3 is 21.9 Å². The van der Waals surface area contributed by atoms with Gasteiger partial charge in [0.2, 0.25) is 0 Å². The SMILES string of the molecule is [Br-].c1ccc(N2CC[NH+]3c4ccccc4-c4ccccc4C23)cc1. The molecular formula is C21H19BrN2. The number of nitrogens with zero attached hydrogens (tertiary/aromatic N) is 1. The lowest BCUT2D eigenvalue weighted by molar-refractivity contribution is -0.851. The molecule has 24 heavy (non-hydrogen) atoms. The smallest absolute Gasteiger partial charge is 0.195 e. The fourth-order valence-electron chi connectivity index (χ4n) is 4.21. The third kappa shape index (κ3) is 2.20. The van der Waals surface area contributed by atoms with E-state index in [9.17, 15) is 0 Å². The highest BCUT2D eigenvalue weighted by Gasteiger charge is 2.43. The van der Waals surface area contributed by atoms with Crippen LogP contribution < -0.4 is 26.8 Å². The predicted molar refractivity (Wildman–Crippen MR) is 93.9 cm³/mol. The molecule has 3 aromatic carbocycles. The predicted octanol–water partition coefficient (Wildman–Crippen LogP) is 0.406. The fourth-order valence-corrected chi connectivity index (χ4v) is 4.21. The summed E-state index contributed by atoms with van der Waals surface area (Å²) in [5.41, 5.74) is 6.99. The van der Waals surface area contributed by atoms with E-state index in [-0.39, 0.29) is 17.0 Å². The van der Waals surface area contributed by atoms with Crippen LogP contribution in [0.5, 0.6) is 0 Å². The number of hydrogen-bond donors (Lipinski definition) is 1. The molecular weight excluding hydrogens is 360 g/mol. The Bertz CT molecular complexity index is 856. The standard InChI is InChI=1S/C21H18N2.BrH/c1-2-8-16(9-3-1)22-14-15-23-20-13-7-6-11-18(20)17-10-4-5-12-19(17)21(22)23;/h1-13,21H,14-15H2;1H. The molecule has 0 aliphatic carbocycles. The Morgan fingerprint density at radius 1 is 0.750 bits per heavy atom. The Labute approximate surface area is 153 Å². The lowest BCUT2D eigenvalue weighted by Gasteiger charge is -2.34. The summed E-state index contributed by atoms with van der Waals surface area (Å²) < 4.78 is 0. The molecule has 2 heterocycles. The second kappa shape index (κ2) is 6.08. The van der Waals surface area contributed by atoms with E-state index in [1.807, 2.05) is 0 Å². The highest BCUT2D eigenvalue weighted by molar-refractivity contribution is 5.78. The van der Waals surface area contributed by atoms with Crippen molar-refractivity contribution in [2.45, 2.75) is 6.17 Å². The maximum Gasteiger partial charge on any atom is 0.195 e. The van der Waals surface area contributed by atoms with Gasteiger partial charge in [0.15, 0.2) is 6.17 Å². The van der Waals surface area contributed by atoms with Crippen molar-refractivity contribution in [2.75, 3.05) is 18.0 Å². The average molecular weight is 379 g/mol. The molecule has 0 spiro atoms. The number of benzene rings is 3. The number of anilines is 1. The van der Waals surface area contributed by atoms with Crippen LogP contribution in [0.2, 0.25) is 0 Å². The third-order valence-electron chi connectivity index (χ3n) is 5.17. The van der Waals surface area contributed by atoms with Crippen LogP contribution in [0.25, 0.3) is 11.1 Å². The first kappa shape index (κ1) is 15.4. The molecule has 2 aliphatic heterocycles. The van der Waals surface area contributed by atoms with E-state index in [1.165, 1.54) is 28.1 Å². The highest BCUT2D eigenvalue weighted by Crippen LogP contribution is 2.39. The zero-order valence-corrected chi connectivity index (χ0v) is 14.9. The number of fused-ring (bicyclic) bond motifs is 6. The average Bonchev–Trinajstić information content (AvgIpc) is 3.08. The molecule has 0 radical (unpaired) electrons. The van der Waals surface area contributed by atoms with Gasteiger partial charge in [-0.25, -0.2) is 0 Å². The molecule has 0 aromatic heterocycles. The molecule has 3 aromatic rings. The van der Waals surface area contributed by atoms with Gasteiger partial charge in [-0.05, 0) is 29.8 Å². The molecule has 1 saturated heterocycles. The van der Waals surface area contributed by atoms with Crippen LogP contribution in [0.4, 0.5) is 11.4 Å². The van der Waals surface area contributed by atoms with Gasteiger partial charge in [-0.3, -0.25) is 4.90 Å². The molecule has 1 N–H and O–H groups in total. The number of halogens is 1. The van der Waals surface area contributed by atoms with Gasteiger partial charge in [0.25, 0.3) is 0 Å². The summed E-state index contributed by atoms with van der Waals surface area (Å²) in [6.45, 7) is 2.23. The Morgan fingerprint density at radius 2 is 1.42 bits per heavy atom. The lowest BCUT2D eigenvalue weighted by Crippen LogP contribution is -3.07. The largest absolute Gasteiger partial charge is 1.00 e. The van der Waals surface area contributed by atoms with Crippen LogP contribution in [-0.2, 0) is 0 Å². The molecule has 2 atom stereocenters. The van der Waals surface area contributed by atoms with Crippen molar-refractivity contribution in [3.8, 4) is 11.1 Å². The summed E-state index contributed by atoms with van der Waals surface area (Å²) in [5, 5.41) is 0. The topological polar surface area (TPSA) is 7.68 Å². The van der Waals surface area contributed by atoms with Gasteiger partial charge in [-0.1, -0.05) is 54.6 Å². The maximum atomic E-state index is 2.56. The van der Waals surface area contributed by atoms with Gasteiger partial charge in [-0.2, -0.15) is 0 Å². The number of rotatable bonds is 1. The van der Waals surface area contributed by atoms with Crippen LogP contribution in [-0.4, -0.2) is 13.1 Å². The van der Waals surface area contributed by atoms with E-state index in [0.29, 0.717) is 6.17 Å². The quantitative estimate of drug-likeness (QED) is 0.644. The number of hydrogen-bond acceptors (Lipinski definition) is 1. The van der Waals surface area contributed by atoms with E-state index in [0.717, 1.165) is 13.1 Å². The van der Waals surface area contributed by atoms with Crippen molar-refractivity contribution < 1.29 is 21.9 Å². The summed E-state index contributed by atoms with van der Waals surface area (Å²) in [4.78, 5) is 4.13. The second-order valence-electron chi connectivity index (χ2n) is 6.34. The molecule has 0 amide bonds. The second-order valence-corrected chi connectivity index (χ2v) is 6.34. The monoisotopic (exact) mass is 378 g/mol. The first-order chi connectivity index (χ1) is 11.4. The van der Waals surface area contributed by atoms with Gasteiger partial charge in [0.05, 0.1) is 6.54 Å². The normalized spacial score (nSPS) is 20.6. The first-order valence-corrected chi connectivity index (χ1v) is 8.29. The van der Waals surface area contributed by atoms with Gasteiger partial charge in [0.1, 0.15) is 12.2 Å². The van der Waals surface area contributed by atoms with Crippen molar-refractivity contribution in [2.24, 2.45) is 0 Å². The summed E-state index contributed by atoms with van der Waals surface area (Å²) in [6, 6.07) is 28.6. The molecule has 0 saturated carbocycles. The van der Waals surface area contributed by atoms with Crippen molar-refractivity contribution in [1.82, 2.24) is 0 Å². The van der Waals surface area contributed by atoms with Crippen molar-refractivity contribution >= 4 is 11.4 Å². The van der Waals surface area contributed by atoms with Gasteiger partial charge in [0, 0.05) is 16.8 Å². The van der Waals surface area contributed by atoms with Crippen LogP contribution >= 0.6 is 0 Å². The molecule has 2 unspecified atom stereocenters. The molecule has 2 aliphatic rings. The number of para-hydroxylation sites is 2. The summed E-state index contributed by atoms with van der Waals surface area (Å²) in [5.74, 6) is 0. The van der Waals surface area contributed by atoms with E-state index in [4.69, 9.17) is 0 Å². The van der Waals surface area contributed by atoms with Gasteiger partial charge >= 0.3 is 0 Å². The van der Waals surface area contributed by atoms with Crippen molar-refractivity contribution in [3.63, 3.8) is 0 Å². The van der Waals surface area contributed by atoms with Crippen LogP contribution in [0, 0.1) is 0 Å². The van der Waals surface area contributed by atoms with Crippen molar-refractivity contribution in [3.05, 3.63) is 84.4 Å². The van der Waals surface area contributed by atoms with E-state index in [2.05, 4.69) is 83.8 Å². The third-order valence-corrected chi connectivity index (χ3v) is 5.17. The van der Waals surface area contributed by atoms with E-state index in [1.54, 1.807) is 4.90 Å². The molecule has 120 valence electrons. The minimum absolute atomic E-state index is 0. The van der Waals surface area contributed by atoms with Crippen molar-refractivity contribution in [1.29, 1.82) is 0 Å². The van der Waals surface area contributed by atoms with E-state index < -0.39 is 0 Å². The Hall–Kier alpha value is -2.10.